The molecule has 1 amide bonds. The minimum Gasteiger partial charge on any atom is -0.465 e. The molecule has 3 rings (SSSR count). The van der Waals surface area contributed by atoms with E-state index in [0.29, 0.717) is 22.0 Å². The normalized spacial score (nSPS) is 11.7. The number of carbonyl (C=O) groups excluding carboxylic acids is 2. The first kappa shape index (κ1) is 18.4. The first-order chi connectivity index (χ1) is 12.5. The summed E-state index contributed by atoms with van der Waals surface area (Å²) in [5, 5.41) is 0.582. The maximum atomic E-state index is 12.6. The lowest BCUT2D eigenvalue weighted by atomic mass is 10.1. The Hall–Kier alpha value is -2.44. The number of ether oxygens (including phenoxy) is 1. The summed E-state index contributed by atoms with van der Waals surface area (Å²) in [7, 11) is 0. The molecule has 0 aliphatic heterocycles. The topological polar surface area (TPSA) is 60.7 Å². The van der Waals surface area contributed by atoms with E-state index in [2.05, 4.69) is 4.99 Å². The summed E-state index contributed by atoms with van der Waals surface area (Å²) < 4.78 is 7.57. The Kier molecular flexibility index (Phi) is 5.54. The monoisotopic (exact) mass is 388 g/mol. The van der Waals surface area contributed by atoms with Crippen molar-refractivity contribution in [2.75, 3.05) is 6.61 Å². The minimum absolute atomic E-state index is 0.0184. The van der Waals surface area contributed by atoms with E-state index >= 15 is 0 Å². The van der Waals surface area contributed by atoms with E-state index < -0.39 is 0 Å². The van der Waals surface area contributed by atoms with Gasteiger partial charge >= 0.3 is 5.97 Å². The van der Waals surface area contributed by atoms with Gasteiger partial charge in [-0.3, -0.25) is 9.59 Å². The predicted octanol–water partition coefficient (Wildman–Crippen LogP) is 3.97. The van der Waals surface area contributed by atoms with E-state index in [1.807, 2.05) is 25.1 Å². The number of esters is 1. The molecule has 0 saturated heterocycles. The molecule has 1 aromatic heterocycles. The molecule has 2 aromatic carbocycles. The maximum absolute atomic E-state index is 12.6. The van der Waals surface area contributed by atoms with Crippen molar-refractivity contribution in [3.63, 3.8) is 0 Å². The highest BCUT2D eigenvalue weighted by molar-refractivity contribution is 7.16. The molecule has 0 fully saturated rings. The molecule has 0 aliphatic carbocycles. The average molecular weight is 389 g/mol. The lowest BCUT2D eigenvalue weighted by Gasteiger charge is -2.05. The molecule has 0 unspecified atom stereocenters. The molecule has 0 saturated carbocycles. The summed E-state index contributed by atoms with van der Waals surface area (Å²) in [5.74, 6) is -0.740. The molecule has 5 nitrogen and oxygen atoms in total. The number of thiazole rings is 1. The average Bonchev–Trinajstić information content (AvgIpc) is 2.91. The molecule has 3 aromatic rings. The van der Waals surface area contributed by atoms with Gasteiger partial charge in [-0.1, -0.05) is 40.6 Å². The van der Waals surface area contributed by atoms with Crippen LogP contribution in [0, 0.1) is 6.92 Å². The van der Waals surface area contributed by atoms with Gasteiger partial charge in [0.25, 0.3) is 5.91 Å². The Bertz CT molecular complexity index is 1050. The summed E-state index contributed by atoms with van der Waals surface area (Å²) in [6.07, 6.45) is 0. The molecule has 0 spiro atoms. The highest BCUT2D eigenvalue weighted by Crippen LogP contribution is 2.22. The van der Waals surface area contributed by atoms with Gasteiger partial charge in [-0.25, -0.2) is 0 Å². The van der Waals surface area contributed by atoms with Gasteiger partial charge in [0.05, 0.1) is 16.8 Å². The summed E-state index contributed by atoms with van der Waals surface area (Å²) in [6.45, 7) is 3.94. The van der Waals surface area contributed by atoms with Crippen LogP contribution in [0.3, 0.4) is 0 Å². The van der Waals surface area contributed by atoms with Gasteiger partial charge in [0, 0.05) is 10.6 Å². The first-order valence-electron chi connectivity index (χ1n) is 8.08. The lowest BCUT2D eigenvalue weighted by molar-refractivity contribution is -0.143. The highest BCUT2D eigenvalue weighted by atomic mass is 35.5. The molecule has 134 valence electrons. The maximum Gasteiger partial charge on any atom is 0.326 e. The molecule has 1 heterocycles. The number of aryl methyl sites for hydroxylation is 1. The Morgan fingerprint density at radius 3 is 2.77 bits per heavy atom. The van der Waals surface area contributed by atoms with Crippen molar-refractivity contribution in [1.29, 1.82) is 0 Å². The minimum atomic E-state index is -0.383. The van der Waals surface area contributed by atoms with Crippen LogP contribution >= 0.6 is 22.9 Å². The smallest absolute Gasteiger partial charge is 0.326 e. The first-order valence-corrected chi connectivity index (χ1v) is 9.27. The van der Waals surface area contributed by atoms with Crippen molar-refractivity contribution in [2.45, 2.75) is 20.4 Å². The van der Waals surface area contributed by atoms with Crippen LogP contribution < -0.4 is 4.80 Å². The molecule has 0 radical (unpaired) electrons. The van der Waals surface area contributed by atoms with E-state index in [4.69, 9.17) is 16.3 Å². The number of benzene rings is 2. The number of amides is 1. The molecule has 26 heavy (non-hydrogen) atoms. The fraction of sp³-hybridized carbons (Fsp3) is 0.211. The summed E-state index contributed by atoms with van der Waals surface area (Å²) in [4.78, 5) is 29.2. The van der Waals surface area contributed by atoms with Crippen molar-refractivity contribution >= 4 is 45.0 Å². The van der Waals surface area contributed by atoms with Crippen LogP contribution in [0.15, 0.2) is 47.5 Å². The number of hydrogen-bond acceptors (Lipinski definition) is 4. The van der Waals surface area contributed by atoms with Crippen LogP contribution in [-0.2, 0) is 16.1 Å². The largest absolute Gasteiger partial charge is 0.465 e. The van der Waals surface area contributed by atoms with Crippen molar-refractivity contribution in [3.8, 4) is 0 Å². The van der Waals surface area contributed by atoms with Crippen LogP contribution in [-0.4, -0.2) is 23.1 Å². The van der Waals surface area contributed by atoms with Crippen molar-refractivity contribution < 1.29 is 14.3 Å². The van der Waals surface area contributed by atoms with Gasteiger partial charge in [0.1, 0.15) is 6.54 Å². The molecule has 0 aliphatic rings. The fourth-order valence-corrected chi connectivity index (χ4v) is 3.85. The summed E-state index contributed by atoms with van der Waals surface area (Å²) in [5.41, 5.74) is 2.26. The number of carbonyl (C=O) groups is 2. The van der Waals surface area contributed by atoms with Crippen LogP contribution in [0.25, 0.3) is 10.2 Å². The fourth-order valence-electron chi connectivity index (χ4n) is 2.55. The number of fused-ring (bicyclic) bond motifs is 1. The quantitative estimate of drug-likeness (QED) is 0.635. The highest BCUT2D eigenvalue weighted by Gasteiger charge is 2.13. The van der Waals surface area contributed by atoms with E-state index in [1.54, 1.807) is 35.8 Å². The Morgan fingerprint density at radius 2 is 2.04 bits per heavy atom. The lowest BCUT2D eigenvalue weighted by Crippen LogP contribution is -2.23. The number of nitrogens with zero attached hydrogens (tertiary/aromatic N) is 2. The zero-order valence-corrected chi connectivity index (χ0v) is 15.9. The van der Waals surface area contributed by atoms with Gasteiger partial charge < -0.3 is 9.30 Å². The zero-order valence-electron chi connectivity index (χ0n) is 14.4. The molecule has 7 heteroatoms. The predicted molar refractivity (Wildman–Crippen MR) is 103 cm³/mol. The van der Waals surface area contributed by atoms with E-state index in [-0.39, 0.29) is 18.4 Å². The SMILES string of the molecule is CCOC(=O)Cn1c(=NC(=O)c2cccc(C)c2)sc2cc(Cl)ccc21. The molecule has 0 atom stereocenters. The number of halogens is 1. The van der Waals surface area contributed by atoms with E-state index in [1.165, 1.54) is 11.3 Å². The Morgan fingerprint density at radius 1 is 1.23 bits per heavy atom. The molecule has 0 bridgehead atoms. The number of rotatable bonds is 4. The van der Waals surface area contributed by atoms with E-state index in [9.17, 15) is 9.59 Å². The van der Waals surface area contributed by atoms with Crippen LogP contribution in [0.2, 0.25) is 5.02 Å². The van der Waals surface area contributed by atoms with Gasteiger partial charge in [-0.05, 0) is 44.2 Å². The van der Waals surface area contributed by atoms with Gasteiger partial charge in [-0.15, -0.1) is 0 Å². The Labute approximate surface area is 159 Å². The van der Waals surface area contributed by atoms with Gasteiger partial charge in [-0.2, -0.15) is 4.99 Å². The molecule has 0 N–H and O–H groups in total. The second-order valence-corrected chi connectivity index (χ2v) is 7.12. The van der Waals surface area contributed by atoms with Gasteiger partial charge in [0.15, 0.2) is 4.80 Å². The third-order valence-electron chi connectivity index (χ3n) is 3.70. The number of aromatic nitrogens is 1. The van der Waals surface area contributed by atoms with Crippen molar-refractivity contribution in [1.82, 2.24) is 4.57 Å². The van der Waals surface area contributed by atoms with Crippen molar-refractivity contribution in [3.05, 3.63) is 63.4 Å². The standard InChI is InChI=1S/C19H17ClN2O3S/c1-3-25-17(23)11-22-15-8-7-14(20)10-16(15)26-19(22)21-18(24)13-6-4-5-12(2)9-13/h4-10H,3,11H2,1-2H3. The summed E-state index contributed by atoms with van der Waals surface area (Å²) in [6, 6.07) is 12.6. The van der Waals surface area contributed by atoms with E-state index in [0.717, 1.165) is 15.8 Å². The van der Waals surface area contributed by atoms with Crippen molar-refractivity contribution in [2.24, 2.45) is 4.99 Å². The summed E-state index contributed by atoms with van der Waals surface area (Å²) >= 11 is 7.37. The third-order valence-corrected chi connectivity index (χ3v) is 4.98. The second kappa shape index (κ2) is 7.85. The molecular weight excluding hydrogens is 372 g/mol. The zero-order chi connectivity index (χ0) is 18.7. The molecular formula is C19H17ClN2O3S. The van der Waals surface area contributed by atoms with Gasteiger partial charge in [0.2, 0.25) is 0 Å². The number of hydrogen-bond donors (Lipinski definition) is 0. The third kappa shape index (κ3) is 4.03. The van der Waals surface area contributed by atoms with Crippen LogP contribution in [0.4, 0.5) is 0 Å². The van der Waals surface area contributed by atoms with Crippen LogP contribution in [0.1, 0.15) is 22.8 Å². The second-order valence-electron chi connectivity index (χ2n) is 5.67. The van der Waals surface area contributed by atoms with Crippen LogP contribution in [0.5, 0.6) is 0 Å². The Balaban J connectivity index is 2.11.